The van der Waals surface area contributed by atoms with Crippen molar-refractivity contribution in [2.75, 3.05) is 18.9 Å². The molecule has 158 valence electrons. The number of carbonyl (C=O) groups is 2. The van der Waals surface area contributed by atoms with E-state index in [9.17, 15) is 14.0 Å². The molecule has 1 N–H and O–H groups in total. The van der Waals surface area contributed by atoms with Crippen LogP contribution >= 0.6 is 0 Å². The van der Waals surface area contributed by atoms with E-state index in [0.717, 1.165) is 0 Å². The molecule has 4 aromatic rings. The van der Waals surface area contributed by atoms with Crippen molar-refractivity contribution in [3.63, 3.8) is 0 Å². The van der Waals surface area contributed by atoms with Crippen molar-refractivity contribution in [2.45, 2.75) is 6.92 Å². The van der Waals surface area contributed by atoms with Crippen LogP contribution in [-0.2, 0) is 7.05 Å². The summed E-state index contributed by atoms with van der Waals surface area (Å²) in [5.74, 6) is -0.564. The number of hydrogen-bond acceptors (Lipinski definition) is 5. The number of amides is 2. The number of nitrogens with zero attached hydrogens (tertiary/aromatic N) is 6. The third kappa shape index (κ3) is 3.87. The van der Waals surface area contributed by atoms with Crippen molar-refractivity contribution in [2.24, 2.45) is 7.05 Å². The molecule has 3 aromatic heterocycles. The largest absolute Gasteiger partial charge is 0.342 e. The Hall–Kier alpha value is -4.08. The third-order valence-electron chi connectivity index (χ3n) is 4.89. The fourth-order valence-electron chi connectivity index (χ4n) is 3.12. The van der Waals surface area contributed by atoms with Gasteiger partial charge in [-0.2, -0.15) is 10.1 Å². The van der Waals surface area contributed by atoms with Gasteiger partial charge in [-0.25, -0.2) is 9.37 Å². The number of aryl methyl sites for hydroxylation is 1. The second kappa shape index (κ2) is 7.98. The first kappa shape index (κ1) is 20.2. The number of fused-ring (bicyclic) bond motifs is 1. The van der Waals surface area contributed by atoms with Crippen molar-refractivity contribution < 1.29 is 14.0 Å². The number of hydrogen-bond donors (Lipinski definition) is 1. The highest BCUT2D eigenvalue weighted by Crippen LogP contribution is 2.20. The van der Waals surface area contributed by atoms with E-state index in [2.05, 4.69) is 20.4 Å². The van der Waals surface area contributed by atoms with E-state index in [0.29, 0.717) is 23.6 Å². The van der Waals surface area contributed by atoms with Gasteiger partial charge in [0.25, 0.3) is 11.8 Å². The minimum absolute atomic E-state index is 0.135. The Balaban J connectivity index is 1.62. The molecule has 9 nitrogen and oxygen atoms in total. The Bertz CT molecular complexity index is 1290. The molecule has 31 heavy (non-hydrogen) atoms. The summed E-state index contributed by atoms with van der Waals surface area (Å²) >= 11 is 0. The Labute approximate surface area is 177 Å². The molecule has 10 heteroatoms. The molecule has 2 amide bonds. The second-order valence-corrected chi connectivity index (χ2v) is 6.96. The molecule has 0 spiro atoms. The Morgan fingerprint density at radius 2 is 2.03 bits per heavy atom. The summed E-state index contributed by atoms with van der Waals surface area (Å²) in [4.78, 5) is 35.7. The van der Waals surface area contributed by atoms with Gasteiger partial charge in [-0.05, 0) is 25.1 Å². The van der Waals surface area contributed by atoms with E-state index in [1.165, 1.54) is 27.9 Å². The molecular formula is C21H20FN7O2. The van der Waals surface area contributed by atoms with Crippen LogP contribution in [0.25, 0.3) is 17.0 Å². The molecule has 3 heterocycles. The highest BCUT2D eigenvalue weighted by atomic mass is 19.1. The summed E-state index contributed by atoms with van der Waals surface area (Å²) in [6.07, 6.45) is 4.79. The SMILES string of the molecule is CCN(C)C(=O)c1cnn(C)c1C(=O)Nc1ccn2cc(-c3cccc(F)c3)nc2n1. The van der Waals surface area contributed by atoms with Crippen molar-refractivity contribution >= 4 is 23.4 Å². The Morgan fingerprint density at radius 1 is 1.23 bits per heavy atom. The normalized spacial score (nSPS) is 11.0. The van der Waals surface area contributed by atoms with Gasteiger partial charge >= 0.3 is 0 Å². The van der Waals surface area contributed by atoms with E-state index in [1.807, 2.05) is 6.92 Å². The minimum Gasteiger partial charge on any atom is -0.342 e. The molecule has 0 fully saturated rings. The van der Waals surface area contributed by atoms with Crippen molar-refractivity contribution in [3.8, 4) is 11.3 Å². The molecule has 0 radical (unpaired) electrons. The van der Waals surface area contributed by atoms with Crippen LogP contribution in [-0.4, -0.2) is 54.5 Å². The first-order chi connectivity index (χ1) is 14.9. The lowest BCUT2D eigenvalue weighted by molar-refractivity contribution is 0.0796. The van der Waals surface area contributed by atoms with Crippen molar-refractivity contribution in [3.05, 3.63) is 66.0 Å². The number of rotatable bonds is 5. The highest BCUT2D eigenvalue weighted by molar-refractivity contribution is 6.10. The summed E-state index contributed by atoms with van der Waals surface area (Å²) in [6, 6.07) is 7.72. The van der Waals surface area contributed by atoms with Gasteiger partial charge in [-0.15, -0.1) is 0 Å². The van der Waals surface area contributed by atoms with Gasteiger partial charge in [0.1, 0.15) is 17.3 Å². The van der Waals surface area contributed by atoms with E-state index in [-0.39, 0.29) is 28.8 Å². The maximum Gasteiger partial charge on any atom is 0.275 e. The van der Waals surface area contributed by atoms with E-state index < -0.39 is 5.91 Å². The van der Waals surface area contributed by atoms with Crippen LogP contribution in [0.1, 0.15) is 27.8 Å². The van der Waals surface area contributed by atoms with Gasteiger partial charge in [0.15, 0.2) is 0 Å². The molecule has 1 aromatic carbocycles. The number of imidazole rings is 1. The van der Waals surface area contributed by atoms with Crippen molar-refractivity contribution in [1.82, 2.24) is 29.0 Å². The van der Waals surface area contributed by atoms with Gasteiger partial charge < -0.3 is 10.2 Å². The van der Waals surface area contributed by atoms with Crippen LogP contribution in [0.15, 0.2) is 48.9 Å². The lowest BCUT2D eigenvalue weighted by Crippen LogP contribution is -2.29. The summed E-state index contributed by atoms with van der Waals surface area (Å²) in [7, 11) is 3.25. The maximum absolute atomic E-state index is 13.5. The van der Waals surface area contributed by atoms with E-state index in [1.54, 1.807) is 49.1 Å². The predicted octanol–water partition coefficient (Wildman–Crippen LogP) is 2.61. The number of nitrogens with one attached hydrogen (secondary N) is 1. The van der Waals surface area contributed by atoms with Crippen LogP contribution in [0.2, 0.25) is 0 Å². The monoisotopic (exact) mass is 421 g/mol. The van der Waals surface area contributed by atoms with Crippen LogP contribution < -0.4 is 5.32 Å². The minimum atomic E-state index is -0.512. The molecule has 0 aliphatic carbocycles. The van der Waals surface area contributed by atoms with Gasteiger partial charge in [0.2, 0.25) is 5.78 Å². The summed E-state index contributed by atoms with van der Waals surface area (Å²) in [5.41, 5.74) is 1.52. The standard InChI is InChI=1S/C21H20FN7O2/c1-4-27(2)20(31)15-11-23-28(3)18(15)19(30)25-17-8-9-29-12-16(24-21(29)26-17)13-6-5-7-14(22)10-13/h5-12H,4H2,1-3H3,(H,24,25,26,30). The molecule has 0 aliphatic rings. The van der Waals surface area contributed by atoms with Gasteiger partial charge in [-0.1, -0.05) is 12.1 Å². The molecule has 0 saturated heterocycles. The van der Waals surface area contributed by atoms with Gasteiger partial charge in [0.05, 0.1) is 17.5 Å². The number of benzene rings is 1. The van der Waals surface area contributed by atoms with Crippen LogP contribution in [0.4, 0.5) is 10.2 Å². The lowest BCUT2D eigenvalue weighted by Gasteiger charge is -2.14. The maximum atomic E-state index is 13.5. The summed E-state index contributed by atoms with van der Waals surface area (Å²) < 4.78 is 16.5. The first-order valence-corrected chi connectivity index (χ1v) is 9.58. The molecule has 0 unspecified atom stereocenters. The molecule has 0 aliphatic heterocycles. The average molecular weight is 421 g/mol. The van der Waals surface area contributed by atoms with E-state index >= 15 is 0 Å². The van der Waals surface area contributed by atoms with E-state index in [4.69, 9.17) is 0 Å². The van der Waals surface area contributed by atoms with Crippen LogP contribution in [0.3, 0.4) is 0 Å². The van der Waals surface area contributed by atoms with Gasteiger partial charge in [0, 0.05) is 38.6 Å². The number of anilines is 1. The Morgan fingerprint density at radius 3 is 2.77 bits per heavy atom. The van der Waals surface area contributed by atoms with Crippen LogP contribution in [0, 0.1) is 5.82 Å². The molecule has 0 atom stereocenters. The predicted molar refractivity (Wildman–Crippen MR) is 112 cm³/mol. The number of aromatic nitrogens is 5. The fourth-order valence-corrected chi connectivity index (χ4v) is 3.12. The second-order valence-electron chi connectivity index (χ2n) is 6.96. The number of halogens is 1. The fraction of sp³-hybridized carbons (Fsp3) is 0.190. The highest BCUT2D eigenvalue weighted by Gasteiger charge is 2.24. The van der Waals surface area contributed by atoms with Crippen molar-refractivity contribution in [1.29, 1.82) is 0 Å². The zero-order valence-corrected chi connectivity index (χ0v) is 17.2. The molecular weight excluding hydrogens is 401 g/mol. The summed E-state index contributed by atoms with van der Waals surface area (Å²) in [6.45, 7) is 2.34. The molecule has 4 rings (SSSR count). The Kier molecular flexibility index (Phi) is 5.20. The summed E-state index contributed by atoms with van der Waals surface area (Å²) in [5, 5.41) is 6.74. The average Bonchev–Trinajstić information content (AvgIpc) is 3.35. The van der Waals surface area contributed by atoms with Gasteiger partial charge in [-0.3, -0.25) is 18.7 Å². The smallest absolute Gasteiger partial charge is 0.275 e. The first-order valence-electron chi connectivity index (χ1n) is 9.58. The lowest BCUT2D eigenvalue weighted by atomic mass is 10.2. The number of carbonyl (C=O) groups excluding carboxylic acids is 2. The third-order valence-corrected chi connectivity index (χ3v) is 4.89. The molecule has 0 bridgehead atoms. The zero-order chi connectivity index (χ0) is 22.1. The quantitative estimate of drug-likeness (QED) is 0.534. The zero-order valence-electron chi connectivity index (χ0n) is 17.2. The molecule has 0 saturated carbocycles. The topological polar surface area (TPSA) is 97.4 Å². The van der Waals surface area contributed by atoms with Crippen LogP contribution in [0.5, 0.6) is 0 Å².